The van der Waals surface area contributed by atoms with Crippen molar-refractivity contribution < 1.29 is 19.1 Å². The molecule has 2 heterocycles. The number of benzene rings is 1. The third kappa shape index (κ3) is 4.13. The molecule has 0 saturated carbocycles. The van der Waals surface area contributed by atoms with Crippen LogP contribution in [0.3, 0.4) is 0 Å². The van der Waals surface area contributed by atoms with Gasteiger partial charge in [0.2, 0.25) is 17.7 Å². The van der Waals surface area contributed by atoms with Crippen molar-refractivity contribution in [2.45, 2.75) is 19.4 Å². The van der Waals surface area contributed by atoms with Gasteiger partial charge in [0.1, 0.15) is 12.4 Å². The van der Waals surface area contributed by atoms with Crippen molar-refractivity contribution in [2.75, 3.05) is 26.8 Å². The van der Waals surface area contributed by atoms with Crippen molar-refractivity contribution in [3.8, 4) is 0 Å². The van der Waals surface area contributed by atoms with E-state index in [1.807, 2.05) is 12.2 Å². The molecule has 0 bridgehead atoms. The smallest absolute Gasteiger partial charge is 0.258 e. The summed E-state index contributed by atoms with van der Waals surface area (Å²) in [6.45, 7) is 0.205. The number of para-hydroxylation sites is 1. The molecule has 0 spiro atoms. The zero-order chi connectivity index (χ0) is 22.0. The van der Waals surface area contributed by atoms with Crippen LogP contribution in [-0.4, -0.2) is 64.3 Å². The molecule has 1 aliphatic carbocycles. The molecule has 1 aromatic heterocycles. The second-order valence-corrected chi connectivity index (χ2v) is 7.76. The van der Waals surface area contributed by atoms with Crippen LogP contribution < -0.4 is 5.56 Å². The number of aromatic nitrogens is 2. The van der Waals surface area contributed by atoms with Gasteiger partial charge >= 0.3 is 0 Å². The third-order valence-electron chi connectivity index (χ3n) is 5.81. The van der Waals surface area contributed by atoms with Crippen LogP contribution >= 0.6 is 0 Å². The normalized spacial score (nSPS) is 20.4. The summed E-state index contributed by atoms with van der Waals surface area (Å²) in [5, 5.41) is 0.463. The summed E-state index contributed by atoms with van der Waals surface area (Å²) >= 11 is 0. The molecule has 1 aromatic carbocycles. The molecular formula is C22H24N4O5. The highest BCUT2D eigenvalue weighted by molar-refractivity contribution is 6.07. The van der Waals surface area contributed by atoms with Gasteiger partial charge in [-0.3, -0.25) is 24.1 Å². The number of nitrogens with zero attached hydrogens (tertiary/aromatic N) is 3. The van der Waals surface area contributed by atoms with Crippen LogP contribution in [0.5, 0.6) is 0 Å². The Labute approximate surface area is 178 Å². The number of rotatable bonds is 7. The van der Waals surface area contributed by atoms with E-state index in [4.69, 9.17) is 4.74 Å². The van der Waals surface area contributed by atoms with E-state index in [9.17, 15) is 19.2 Å². The molecule has 9 heteroatoms. The number of ether oxygens (including phenoxy) is 1. The first-order valence-electron chi connectivity index (χ1n) is 10.2. The van der Waals surface area contributed by atoms with Crippen molar-refractivity contribution in [3.05, 3.63) is 52.6 Å². The van der Waals surface area contributed by atoms with Crippen molar-refractivity contribution in [1.82, 2.24) is 19.8 Å². The number of carbonyl (C=O) groups is 3. The lowest BCUT2D eigenvalue weighted by molar-refractivity contribution is -0.147. The Morgan fingerprint density at radius 2 is 1.84 bits per heavy atom. The molecule has 2 unspecified atom stereocenters. The Morgan fingerprint density at radius 1 is 1.16 bits per heavy atom. The number of allylic oxidation sites excluding steroid dienone is 2. The Bertz CT molecular complexity index is 1080. The summed E-state index contributed by atoms with van der Waals surface area (Å²) in [6, 6.07) is 6.94. The lowest BCUT2D eigenvalue weighted by Gasteiger charge is -2.24. The molecule has 1 fully saturated rings. The van der Waals surface area contributed by atoms with Gasteiger partial charge in [-0.25, -0.2) is 4.98 Å². The van der Waals surface area contributed by atoms with E-state index in [1.54, 1.807) is 24.3 Å². The molecule has 4 rings (SSSR count). The summed E-state index contributed by atoms with van der Waals surface area (Å²) in [5.41, 5.74) is 0.239. The van der Waals surface area contributed by atoms with Crippen molar-refractivity contribution in [3.63, 3.8) is 0 Å². The molecule has 0 radical (unpaired) electrons. The highest BCUT2D eigenvalue weighted by Crippen LogP contribution is 2.34. The Hall–Kier alpha value is -3.33. The molecule has 1 N–H and O–H groups in total. The quantitative estimate of drug-likeness (QED) is 0.521. The molecule has 1 aliphatic heterocycles. The minimum Gasteiger partial charge on any atom is -0.383 e. The predicted molar refractivity (Wildman–Crippen MR) is 112 cm³/mol. The van der Waals surface area contributed by atoms with E-state index >= 15 is 0 Å². The van der Waals surface area contributed by atoms with Gasteiger partial charge in [0.25, 0.3) is 5.56 Å². The van der Waals surface area contributed by atoms with Crippen LogP contribution in [-0.2, 0) is 25.7 Å². The number of methoxy groups -OCH3 is 1. The first-order chi connectivity index (χ1) is 15.0. The van der Waals surface area contributed by atoms with Crippen molar-refractivity contribution in [1.29, 1.82) is 0 Å². The fourth-order valence-electron chi connectivity index (χ4n) is 4.14. The zero-order valence-electron chi connectivity index (χ0n) is 17.2. The van der Waals surface area contributed by atoms with Crippen LogP contribution in [0.25, 0.3) is 10.9 Å². The Balaban J connectivity index is 1.52. The summed E-state index contributed by atoms with van der Waals surface area (Å²) < 4.78 is 5.10. The van der Waals surface area contributed by atoms with Gasteiger partial charge in [-0.2, -0.15) is 0 Å². The number of fused-ring (bicyclic) bond motifs is 2. The SMILES string of the molecule is COCCN(Cc1nc2ccccc2c(=O)[nH]1)C(=O)CN1C(=O)C2CC=CCC2C1=O. The topological polar surface area (TPSA) is 113 Å². The van der Waals surface area contributed by atoms with Crippen LogP contribution in [0, 0.1) is 11.8 Å². The average Bonchev–Trinajstić information content (AvgIpc) is 3.01. The van der Waals surface area contributed by atoms with Gasteiger partial charge in [0.05, 0.1) is 35.9 Å². The van der Waals surface area contributed by atoms with Gasteiger partial charge in [0, 0.05) is 13.7 Å². The predicted octanol–water partition coefficient (Wildman–Crippen LogP) is 0.849. The van der Waals surface area contributed by atoms with Crippen molar-refractivity contribution in [2.24, 2.45) is 11.8 Å². The largest absolute Gasteiger partial charge is 0.383 e. The summed E-state index contributed by atoms with van der Waals surface area (Å²) in [5.74, 6) is -1.42. The van der Waals surface area contributed by atoms with Crippen LogP contribution in [0.1, 0.15) is 18.7 Å². The van der Waals surface area contributed by atoms with E-state index in [-0.39, 0.29) is 55.5 Å². The fourth-order valence-corrected chi connectivity index (χ4v) is 4.14. The Kier molecular flexibility index (Phi) is 5.94. The number of nitrogens with one attached hydrogen (secondary N) is 1. The molecule has 1 saturated heterocycles. The van der Waals surface area contributed by atoms with E-state index in [2.05, 4.69) is 9.97 Å². The highest BCUT2D eigenvalue weighted by atomic mass is 16.5. The number of amides is 3. The molecule has 162 valence electrons. The number of H-pyrrole nitrogens is 1. The van der Waals surface area contributed by atoms with Gasteiger partial charge < -0.3 is 14.6 Å². The molecule has 2 atom stereocenters. The van der Waals surface area contributed by atoms with E-state index in [0.717, 1.165) is 4.90 Å². The highest BCUT2D eigenvalue weighted by Gasteiger charge is 2.47. The number of hydrogen-bond donors (Lipinski definition) is 1. The third-order valence-corrected chi connectivity index (χ3v) is 5.81. The van der Waals surface area contributed by atoms with Gasteiger partial charge in [0.15, 0.2) is 0 Å². The van der Waals surface area contributed by atoms with Crippen molar-refractivity contribution >= 4 is 28.6 Å². The first kappa shape index (κ1) is 20.9. The standard InChI is InChI=1S/C22H24N4O5/c1-31-11-10-25(12-18-23-17-9-5-4-8-16(17)20(28)24-18)19(27)13-26-21(29)14-6-2-3-7-15(14)22(26)30/h2-5,8-9,14-15H,6-7,10-13H2,1H3,(H,23,24,28). The molecule has 31 heavy (non-hydrogen) atoms. The van der Waals surface area contributed by atoms with E-state index < -0.39 is 5.91 Å². The maximum absolute atomic E-state index is 13.0. The van der Waals surface area contributed by atoms with Crippen LogP contribution in [0.15, 0.2) is 41.2 Å². The number of aromatic amines is 1. The molecule has 9 nitrogen and oxygen atoms in total. The number of carbonyl (C=O) groups excluding carboxylic acids is 3. The van der Waals surface area contributed by atoms with Gasteiger partial charge in [-0.1, -0.05) is 24.3 Å². The molecule has 2 aromatic rings. The number of imide groups is 1. The maximum atomic E-state index is 13.0. The lowest BCUT2D eigenvalue weighted by Crippen LogP contribution is -2.44. The molecular weight excluding hydrogens is 400 g/mol. The monoisotopic (exact) mass is 424 g/mol. The fraction of sp³-hybridized carbons (Fsp3) is 0.409. The van der Waals surface area contributed by atoms with Crippen LogP contribution in [0.4, 0.5) is 0 Å². The molecule has 2 aliphatic rings. The summed E-state index contributed by atoms with van der Waals surface area (Å²) in [6.07, 6.45) is 4.86. The number of hydrogen-bond acceptors (Lipinski definition) is 6. The van der Waals surface area contributed by atoms with E-state index in [0.29, 0.717) is 29.6 Å². The van der Waals surface area contributed by atoms with Crippen LogP contribution in [0.2, 0.25) is 0 Å². The van der Waals surface area contributed by atoms with E-state index in [1.165, 1.54) is 12.0 Å². The van der Waals surface area contributed by atoms with Gasteiger partial charge in [-0.05, 0) is 25.0 Å². The average molecular weight is 424 g/mol. The summed E-state index contributed by atoms with van der Waals surface area (Å²) in [4.78, 5) is 60.4. The first-order valence-corrected chi connectivity index (χ1v) is 10.2. The number of likely N-dealkylation sites (tertiary alicyclic amines) is 1. The zero-order valence-corrected chi connectivity index (χ0v) is 17.2. The maximum Gasteiger partial charge on any atom is 0.258 e. The van der Waals surface area contributed by atoms with Gasteiger partial charge in [-0.15, -0.1) is 0 Å². The molecule has 3 amide bonds. The minimum absolute atomic E-state index is 0.0346. The lowest BCUT2D eigenvalue weighted by atomic mass is 9.85. The second kappa shape index (κ2) is 8.81. The Morgan fingerprint density at radius 3 is 2.52 bits per heavy atom. The summed E-state index contributed by atoms with van der Waals surface area (Å²) in [7, 11) is 1.52. The minimum atomic E-state index is -0.402. The second-order valence-electron chi connectivity index (χ2n) is 7.76.